The lowest BCUT2D eigenvalue weighted by molar-refractivity contribution is -0.0198. The van der Waals surface area contributed by atoms with Gasteiger partial charge >= 0.3 is 0 Å². The molecule has 2 nitrogen and oxygen atoms in total. The summed E-state index contributed by atoms with van der Waals surface area (Å²) in [6, 6.07) is 8.59. The van der Waals surface area contributed by atoms with Crippen molar-refractivity contribution in [3.05, 3.63) is 35.2 Å². The molecule has 1 fully saturated rings. The summed E-state index contributed by atoms with van der Waals surface area (Å²) in [5, 5.41) is 17.7. The molecule has 0 saturated heterocycles. The van der Waals surface area contributed by atoms with Crippen LogP contribution in [0.5, 0.6) is 0 Å². The lowest BCUT2D eigenvalue weighted by Crippen LogP contribution is -2.51. The second-order valence-electron chi connectivity index (χ2n) is 5.78. The molecule has 0 bridgehead atoms. The minimum Gasteiger partial charge on any atom is -0.384 e. The number of benzene rings is 1. The van der Waals surface area contributed by atoms with Gasteiger partial charge in [0.15, 0.2) is 0 Å². The average Bonchev–Trinajstić information content (AvgIpc) is 2.80. The van der Waals surface area contributed by atoms with Crippen molar-refractivity contribution in [2.75, 3.05) is 7.05 Å². The average molecular weight is 275 g/mol. The zero-order valence-corrected chi connectivity index (χ0v) is 12.3. The standard InChI is InChI=1S/C16H21NOS/c1-16(18,15(17-2)12-4-3-5-12)13-7-6-11-8-9-19-14(11)10-13/h6-10,12,15,17-18H,3-5H2,1-2H3. The van der Waals surface area contributed by atoms with Crippen molar-refractivity contribution in [2.24, 2.45) is 5.92 Å². The van der Waals surface area contributed by atoms with Crippen LogP contribution in [-0.2, 0) is 5.60 Å². The Hall–Kier alpha value is -0.900. The van der Waals surface area contributed by atoms with Crippen LogP contribution in [0.1, 0.15) is 31.7 Å². The molecule has 2 N–H and O–H groups in total. The van der Waals surface area contributed by atoms with E-state index in [0.717, 1.165) is 5.56 Å². The minimum absolute atomic E-state index is 0.138. The Labute approximate surface area is 118 Å². The van der Waals surface area contributed by atoms with E-state index in [1.165, 1.54) is 29.3 Å². The number of hydrogen-bond acceptors (Lipinski definition) is 3. The van der Waals surface area contributed by atoms with Crippen molar-refractivity contribution in [1.29, 1.82) is 0 Å². The normalized spacial score (nSPS) is 21.0. The van der Waals surface area contributed by atoms with Crippen LogP contribution >= 0.6 is 11.3 Å². The molecule has 2 aromatic rings. The minimum atomic E-state index is -0.808. The number of rotatable bonds is 4. The van der Waals surface area contributed by atoms with E-state index in [9.17, 15) is 5.11 Å². The predicted molar refractivity (Wildman–Crippen MR) is 81.6 cm³/mol. The summed E-state index contributed by atoms with van der Waals surface area (Å²) in [6.45, 7) is 1.95. The Kier molecular flexibility index (Phi) is 3.37. The first-order valence-corrected chi connectivity index (χ1v) is 7.88. The van der Waals surface area contributed by atoms with Crippen LogP contribution in [0.4, 0.5) is 0 Å². The third-order valence-corrected chi connectivity index (χ3v) is 5.46. The summed E-state index contributed by atoms with van der Waals surface area (Å²) >= 11 is 1.73. The van der Waals surface area contributed by atoms with E-state index in [4.69, 9.17) is 0 Å². The highest BCUT2D eigenvalue weighted by Crippen LogP contribution is 2.39. The van der Waals surface area contributed by atoms with Crippen LogP contribution in [0.3, 0.4) is 0 Å². The second-order valence-corrected chi connectivity index (χ2v) is 6.73. The van der Waals surface area contributed by atoms with Gasteiger partial charge in [0.1, 0.15) is 5.60 Å². The maximum Gasteiger partial charge on any atom is 0.102 e. The number of nitrogens with one attached hydrogen (secondary N) is 1. The summed E-state index contributed by atoms with van der Waals surface area (Å²) in [5.41, 5.74) is 0.214. The Balaban J connectivity index is 1.96. The molecule has 2 unspecified atom stereocenters. The summed E-state index contributed by atoms with van der Waals surface area (Å²) < 4.78 is 1.25. The Morgan fingerprint density at radius 2 is 2.16 bits per heavy atom. The van der Waals surface area contributed by atoms with Gasteiger partial charge in [0.05, 0.1) is 0 Å². The molecule has 1 heterocycles. The fourth-order valence-corrected chi connectivity index (χ4v) is 4.03. The van der Waals surface area contributed by atoms with Gasteiger partial charge in [0, 0.05) is 10.7 Å². The molecule has 3 rings (SSSR count). The van der Waals surface area contributed by atoms with Gasteiger partial charge in [-0.1, -0.05) is 18.6 Å². The number of fused-ring (bicyclic) bond motifs is 1. The van der Waals surface area contributed by atoms with Gasteiger partial charge in [-0.3, -0.25) is 0 Å². The second kappa shape index (κ2) is 4.89. The lowest BCUT2D eigenvalue weighted by Gasteiger charge is -2.42. The zero-order valence-electron chi connectivity index (χ0n) is 11.5. The highest BCUT2D eigenvalue weighted by molar-refractivity contribution is 7.17. The van der Waals surface area contributed by atoms with E-state index in [1.807, 2.05) is 14.0 Å². The highest BCUT2D eigenvalue weighted by Gasteiger charge is 2.40. The van der Waals surface area contributed by atoms with E-state index >= 15 is 0 Å². The van der Waals surface area contributed by atoms with Crippen molar-refractivity contribution in [3.63, 3.8) is 0 Å². The first kappa shape index (κ1) is 13.1. The summed E-state index contributed by atoms with van der Waals surface area (Å²) in [6.07, 6.45) is 3.74. The molecule has 1 saturated carbocycles. The molecule has 102 valence electrons. The largest absolute Gasteiger partial charge is 0.384 e. The van der Waals surface area contributed by atoms with E-state index in [2.05, 4.69) is 35.0 Å². The van der Waals surface area contributed by atoms with E-state index in [0.29, 0.717) is 5.92 Å². The van der Waals surface area contributed by atoms with Crippen LogP contribution < -0.4 is 5.32 Å². The number of likely N-dealkylation sites (N-methyl/N-ethyl adjacent to an activating group) is 1. The van der Waals surface area contributed by atoms with Crippen molar-refractivity contribution < 1.29 is 5.11 Å². The van der Waals surface area contributed by atoms with Crippen molar-refractivity contribution >= 4 is 21.4 Å². The Bertz CT molecular complexity index is 571. The van der Waals surface area contributed by atoms with E-state index < -0.39 is 5.60 Å². The predicted octanol–water partition coefficient (Wildman–Crippen LogP) is 3.50. The maximum atomic E-state index is 11.0. The molecule has 1 aromatic heterocycles. The number of thiophene rings is 1. The van der Waals surface area contributed by atoms with Crippen LogP contribution in [0.25, 0.3) is 10.1 Å². The van der Waals surface area contributed by atoms with Gasteiger partial charge in [-0.25, -0.2) is 0 Å². The summed E-state index contributed by atoms with van der Waals surface area (Å²) in [5.74, 6) is 0.596. The molecule has 1 aliphatic rings. The zero-order chi connectivity index (χ0) is 13.5. The highest BCUT2D eigenvalue weighted by atomic mass is 32.1. The lowest BCUT2D eigenvalue weighted by atomic mass is 9.71. The molecule has 19 heavy (non-hydrogen) atoms. The van der Waals surface area contributed by atoms with Crippen LogP contribution in [-0.4, -0.2) is 18.2 Å². The number of aliphatic hydroxyl groups is 1. The number of hydrogen-bond donors (Lipinski definition) is 2. The molecule has 0 spiro atoms. The molecule has 3 heteroatoms. The summed E-state index contributed by atoms with van der Waals surface area (Å²) in [7, 11) is 1.96. The Morgan fingerprint density at radius 1 is 1.37 bits per heavy atom. The van der Waals surface area contributed by atoms with Gasteiger partial charge < -0.3 is 10.4 Å². The first-order valence-electron chi connectivity index (χ1n) is 7.00. The molecular formula is C16H21NOS. The van der Waals surface area contributed by atoms with Gasteiger partial charge in [-0.05, 0) is 61.2 Å². The summed E-state index contributed by atoms with van der Waals surface area (Å²) in [4.78, 5) is 0. The van der Waals surface area contributed by atoms with E-state index in [-0.39, 0.29) is 6.04 Å². The Morgan fingerprint density at radius 3 is 2.79 bits per heavy atom. The molecule has 1 aromatic carbocycles. The van der Waals surface area contributed by atoms with Gasteiger partial charge in [-0.2, -0.15) is 0 Å². The monoisotopic (exact) mass is 275 g/mol. The van der Waals surface area contributed by atoms with Crippen molar-refractivity contribution in [1.82, 2.24) is 5.32 Å². The molecule has 0 radical (unpaired) electrons. The molecular weight excluding hydrogens is 254 g/mol. The topological polar surface area (TPSA) is 32.3 Å². The van der Waals surface area contributed by atoms with Gasteiger partial charge in [0.25, 0.3) is 0 Å². The van der Waals surface area contributed by atoms with Crippen molar-refractivity contribution in [2.45, 2.75) is 37.8 Å². The quantitative estimate of drug-likeness (QED) is 0.895. The first-order chi connectivity index (χ1) is 9.13. The third kappa shape index (κ3) is 2.20. The smallest absolute Gasteiger partial charge is 0.102 e. The molecule has 0 aliphatic heterocycles. The molecule has 0 amide bonds. The third-order valence-electron chi connectivity index (χ3n) is 4.58. The van der Waals surface area contributed by atoms with Crippen LogP contribution in [0, 0.1) is 5.92 Å². The van der Waals surface area contributed by atoms with Crippen molar-refractivity contribution in [3.8, 4) is 0 Å². The van der Waals surface area contributed by atoms with Crippen LogP contribution in [0.15, 0.2) is 29.6 Å². The van der Waals surface area contributed by atoms with Gasteiger partial charge in [0.2, 0.25) is 0 Å². The fraction of sp³-hybridized carbons (Fsp3) is 0.500. The maximum absolute atomic E-state index is 11.0. The molecule has 2 atom stereocenters. The van der Waals surface area contributed by atoms with Gasteiger partial charge in [-0.15, -0.1) is 11.3 Å². The fourth-order valence-electron chi connectivity index (χ4n) is 3.20. The van der Waals surface area contributed by atoms with Crippen LogP contribution in [0.2, 0.25) is 0 Å². The SMILES string of the molecule is CNC(C1CCC1)C(C)(O)c1ccc2ccsc2c1. The van der Waals surface area contributed by atoms with E-state index in [1.54, 1.807) is 11.3 Å². The molecule has 1 aliphatic carbocycles.